The molecule has 8 heteroatoms. The Labute approximate surface area is 162 Å². The fourth-order valence-corrected chi connectivity index (χ4v) is 2.23. The molecule has 0 aliphatic heterocycles. The smallest absolute Gasteiger partial charge is 0.344 e. The van der Waals surface area contributed by atoms with Gasteiger partial charge in [-0.05, 0) is 31.2 Å². The van der Waals surface area contributed by atoms with Crippen LogP contribution in [0.25, 0.3) is 0 Å². The number of hydrogen-bond acceptors (Lipinski definition) is 7. The molecule has 8 nitrogen and oxygen atoms in total. The molecule has 0 saturated carbocycles. The summed E-state index contributed by atoms with van der Waals surface area (Å²) in [5, 5.41) is 2.59. The minimum Gasteiger partial charge on any atom is -0.497 e. The molecule has 2 aromatic rings. The van der Waals surface area contributed by atoms with Crippen LogP contribution in [0.5, 0.6) is 17.2 Å². The number of carbonyl (C=O) groups is 3. The van der Waals surface area contributed by atoms with Gasteiger partial charge in [0.2, 0.25) is 0 Å². The van der Waals surface area contributed by atoms with E-state index in [-0.39, 0.29) is 5.78 Å². The van der Waals surface area contributed by atoms with Crippen LogP contribution in [0.15, 0.2) is 42.5 Å². The van der Waals surface area contributed by atoms with Crippen LogP contribution in [0.4, 0.5) is 5.69 Å². The molecule has 1 N–H and O–H groups in total. The second-order valence-corrected chi connectivity index (χ2v) is 5.65. The molecule has 0 unspecified atom stereocenters. The summed E-state index contributed by atoms with van der Waals surface area (Å²) in [6, 6.07) is 11.3. The number of amides is 1. The van der Waals surface area contributed by atoms with Crippen molar-refractivity contribution in [2.75, 3.05) is 32.8 Å². The lowest BCUT2D eigenvalue weighted by Gasteiger charge is -2.12. The predicted octanol–water partition coefficient (Wildman–Crippen LogP) is 2.47. The van der Waals surface area contributed by atoms with Crippen molar-refractivity contribution in [1.82, 2.24) is 0 Å². The monoisotopic (exact) mass is 387 g/mol. The molecule has 0 aliphatic carbocycles. The number of hydrogen-bond donors (Lipinski definition) is 1. The molecule has 2 aromatic carbocycles. The van der Waals surface area contributed by atoms with Gasteiger partial charge in [0.15, 0.2) is 19.0 Å². The number of benzene rings is 2. The van der Waals surface area contributed by atoms with E-state index in [0.717, 1.165) is 0 Å². The lowest BCUT2D eigenvalue weighted by atomic mass is 10.1. The van der Waals surface area contributed by atoms with Crippen LogP contribution in [-0.2, 0) is 14.3 Å². The molecular weight excluding hydrogens is 366 g/mol. The number of ketones is 1. The molecule has 0 saturated heterocycles. The van der Waals surface area contributed by atoms with Crippen molar-refractivity contribution in [3.8, 4) is 17.2 Å². The van der Waals surface area contributed by atoms with Gasteiger partial charge in [-0.1, -0.05) is 12.1 Å². The summed E-state index contributed by atoms with van der Waals surface area (Å²) in [6.45, 7) is 0.552. The highest BCUT2D eigenvalue weighted by atomic mass is 16.6. The Morgan fingerprint density at radius 3 is 2.39 bits per heavy atom. The maximum atomic E-state index is 12.0. The molecule has 0 spiro atoms. The summed E-state index contributed by atoms with van der Waals surface area (Å²) < 4.78 is 20.4. The minimum absolute atomic E-state index is 0.113. The first-order chi connectivity index (χ1) is 13.4. The summed E-state index contributed by atoms with van der Waals surface area (Å²) in [7, 11) is 2.97. The Morgan fingerprint density at radius 2 is 1.71 bits per heavy atom. The predicted molar refractivity (Wildman–Crippen MR) is 101 cm³/mol. The third-order valence-corrected chi connectivity index (χ3v) is 3.64. The molecule has 2 rings (SSSR count). The average Bonchev–Trinajstić information content (AvgIpc) is 2.70. The lowest BCUT2D eigenvalue weighted by molar-refractivity contribution is -0.149. The third kappa shape index (κ3) is 6.01. The molecule has 0 atom stereocenters. The lowest BCUT2D eigenvalue weighted by Crippen LogP contribution is -2.23. The zero-order chi connectivity index (χ0) is 20.5. The minimum atomic E-state index is -0.721. The van der Waals surface area contributed by atoms with Gasteiger partial charge < -0.3 is 24.3 Å². The number of ether oxygens (including phenoxy) is 4. The van der Waals surface area contributed by atoms with Crippen LogP contribution >= 0.6 is 0 Å². The molecule has 0 bridgehead atoms. The van der Waals surface area contributed by atoms with E-state index < -0.39 is 25.1 Å². The Balaban J connectivity index is 1.83. The standard InChI is InChI=1S/C20H21NO7/c1-13(22)14-5-4-6-16(9-14)27-12-20(24)28-11-19(23)21-17-10-15(25-2)7-8-18(17)26-3/h4-10H,11-12H2,1-3H3,(H,21,23). The van der Waals surface area contributed by atoms with Crippen molar-refractivity contribution in [3.63, 3.8) is 0 Å². The first-order valence-corrected chi connectivity index (χ1v) is 8.34. The highest BCUT2D eigenvalue weighted by Crippen LogP contribution is 2.28. The summed E-state index contributed by atoms with van der Waals surface area (Å²) in [5.74, 6) is -0.0456. The first kappa shape index (κ1) is 20.8. The highest BCUT2D eigenvalue weighted by Gasteiger charge is 2.12. The molecule has 148 valence electrons. The van der Waals surface area contributed by atoms with Crippen molar-refractivity contribution in [2.45, 2.75) is 6.92 Å². The Morgan fingerprint density at radius 1 is 0.929 bits per heavy atom. The van der Waals surface area contributed by atoms with E-state index in [1.54, 1.807) is 36.4 Å². The van der Waals surface area contributed by atoms with Gasteiger partial charge in [-0.2, -0.15) is 0 Å². The van der Waals surface area contributed by atoms with Gasteiger partial charge in [-0.25, -0.2) is 4.79 Å². The van der Waals surface area contributed by atoms with Crippen LogP contribution in [0.1, 0.15) is 17.3 Å². The van der Waals surface area contributed by atoms with Crippen molar-refractivity contribution < 1.29 is 33.3 Å². The maximum Gasteiger partial charge on any atom is 0.344 e. The third-order valence-electron chi connectivity index (χ3n) is 3.64. The molecule has 0 aliphatic rings. The normalized spacial score (nSPS) is 9.96. The Kier molecular flexibility index (Phi) is 7.38. The fourth-order valence-electron chi connectivity index (χ4n) is 2.23. The number of methoxy groups -OCH3 is 2. The highest BCUT2D eigenvalue weighted by molar-refractivity contribution is 5.95. The Hall–Kier alpha value is -3.55. The second-order valence-electron chi connectivity index (χ2n) is 5.65. The molecular formula is C20H21NO7. The van der Waals surface area contributed by atoms with Crippen molar-refractivity contribution in [1.29, 1.82) is 0 Å². The molecule has 0 heterocycles. The molecule has 1 amide bonds. The van der Waals surface area contributed by atoms with Gasteiger partial charge in [0.1, 0.15) is 17.2 Å². The van der Waals surface area contributed by atoms with Gasteiger partial charge in [0, 0.05) is 11.6 Å². The van der Waals surface area contributed by atoms with E-state index in [4.69, 9.17) is 18.9 Å². The van der Waals surface area contributed by atoms with Crippen LogP contribution in [0.2, 0.25) is 0 Å². The molecule has 28 heavy (non-hydrogen) atoms. The van der Waals surface area contributed by atoms with Gasteiger partial charge in [0.25, 0.3) is 5.91 Å². The maximum absolute atomic E-state index is 12.0. The first-order valence-electron chi connectivity index (χ1n) is 8.34. The van der Waals surface area contributed by atoms with E-state index >= 15 is 0 Å². The van der Waals surface area contributed by atoms with E-state index in [1.165, 1.54) is 27.2 Å². The molecule has 0 aromatic heterocycles. The SMILES string of the molecule is COc1ccc(OC)c(NC(=O)COC(=O)COc2cccc(C(C)=O)c2)c1. The van der Waals surface area contributed by atoms with Crippen molar-refractivity contribution in [3.05, 3.63) is 48.0 Å². The number of rotatable bonds is 9. The Bertz CT molecular complexity index is 863. The van der Waals surface area contributed by atoms with Crippen molar-refractivity contribution in [2.24, 2.45) is 0 Å². The molecule has 0 fully saturated rings. The second kappa shape index (κ2) is 9.96. The van der Waals surface area contributed by atoms with Crippen molar-refractivity contribution >= 4 is 23.3 Å². The zero-order valence-electron chi connectivity index (χ0n) is 15.8. The number of Topliss-reactive ketones (excluding diaryl/α,β-unsaturated/α-hetero) is 1. The fraction of sp³-hybridized carbons (Fsp3) is 0.250. The number of nitrogens with one attached hydrogen (secondary N) is 1. The molecule has 0 radical (unpaired) electrons. The zero-order valence-corrected chi connectivity index (χ0v) is 15.8. The number of carbonyl (C=O) groups excluding carboxylic acids is 3. The summed E-state index contributed by atoms with van der Waals surface area (Å²) >= 11 is 0. The number of anilines is 1. The van der Waals surface area contributed by atoms with Gasteiger partial charge in [-0.3, -0.25) is 9.59 Å². The largest absolute Gasteiger partial charge is 0.497 e. The van der Waals surface area contributed by atoms with E-state index in [1.807, 2.05) is 0 Å². The topological polar surface area (TPSA) is 100 Å². The van der Waals surface area contributed by atoms with E-state index in [9.17, 15) is 14.4 Å². The van der Waals surface area contributed by atoms with Crippen LogP contribution in [-0.4, -0.2) is 45.1 Å². The quantitative estimate of drug-likeness (QED) is 0.521. The average molecular weight is 387 g/mol. The van der Waals surface area contributed by atoms with Gasteiger partial charge in [-0.15, -0.1) is 0 Å². The van der Waals surface area contributed by atoms with Crippen LogP contribution in [0.3, 0.4) is 0 Å². The van der Waals surface area contributed by atoms with Crippen LogP contribution < -0.4 is 19.5 Å². The number of esters is 1. The van der Waals surface area contributed by atoms with E-state index in [2.05, 4.69) is 5.32 Å². The van der Waals surface area contributed by atoms with E-state index in [0.29, 0.717) is 28.5 Å². The van der Waals surface area contributed by atoms with Crippen LogP contribution in [0, 0.1) is 0 Å². The van der Waals surface area contributed by atoms with Gasteiger partial charge >= 0.3 is 5.97 Å². The summed E-state index contributed by atoms with van der Waals surface area (Å²) in [6.07, 6.45) is 0. The summed E-state index contributed by atoms with van der Waals surface area (Å²) in [5.41, 5.74) is 0.859. The summed E-state index contributed by atoms with van der Waals surface area (Å²) in [4.78, 5) is 35.1. The van der Waals surface area contributed by atoms with Gasteiger partial charge in [0.05, 0.1) is 19.9 Å².